The van der Waals surface area contributed by atoms with Crippen molar-refractivity contribution < 1.29 is 14.3 Å². The monoisotopic (exact) mass is 280 g/mol. The number of methoxy groups -OCH3 is 2. The highest BCUT2D eigenvalue weighted by molar-refractivity contribution is 5.84. The lowest BCUT2D eigenvalue weighted by Gasteiger charge is -2.16. The first-order valence-corrected chi connectivity index (χ1v) is 6.88. The Bertz CT molecular complexity index is 435. The SMILES string of the molecule is CCCCNC(=O)C(C)Nc1ccc(OC)c(OC)c1. The fraction of sp³-hybridized carbons (Fsp3) is 0.533. The van der Waals surface area contributed by atoms with Crippen LogP contribution in [0.2, 0.25) is 0 Å². The quantitative estimate of drug-likeness (QED) is 0.718. The summed E-state index contributed by atoms with van der Waals surface area (Å²) in [5.74, 6) is 1.29. The Kier molecular flexibility index (Phi) is 6.70. The predicted octanol–water partition coefficient (Wildman–Crippen LogP) is 2.42. The van der Waals surface area contributed by atoms with Crippen LogP contribution in [0, 0.1) is 0 Å². The highest BCUT2D eigenvalue weighted by Crippen LogP contribution is 2.29. The van der Waals surface area contributed by atoms with Gasteiger partial charge in [-0.1, -0.05) is 13.3 Å². The lowest BCUT2D eigenvalue weighted by Crippen LogP contribution is -2.37. The molecule has 5 heteroatoms. The first-order valence-electron chi connectivity index (χ1n) is 6.88. The summed E-state index contributed by atoms with van der Waals surface area (Å²) in [6.07, 6.45) is 2.06. The molecule has 0 aliphatic carbocycles. The van der Waals surface area contributed by atoms with Crippen LogP contribution in [-0.2, 0) is 4.79 Å². The van der Waals surface area contributed by atoms with Gasteiger partial charge >= 0.3 is 0 Å². The van der Waals surface area contributed by atoms with Crippen LogP contribution < -0.4 is 20.1 Å². The molecule has 1 atom stereocenters. The minimum absolute atomic E-state index is 0.00626. The van der Waals surface area contributed by atoms with Crippen LogP contribution in [-0.4, -0.2) is 32.7 Å². The number of anilines is 1. The van der Waals surface area contributed by atoms with E-state index in [-0.39, 0.29) is 11.9 Å². The van der Waals surface area contributed by atoms with E-state index in [0.717, 1.165) is 18.5 Å². The Hall–Kier alpha value is -1.91. The molecule has 20 heavy (non-hydrogen) atoms. The third-order valence-corrected chi connectivity index (χ3v) is 2.99. The smallest absolute Gasteiger partial charge is 0.242 e. The van der Waals surface area contributed by atoms with E-state index in [1.807, 2.05) is 25.1 Å². The van der Waals surface area contributed by atoms with Gasteiger partial charge in [-0.25, -0.2) is 0 Å². The number of amides is 1. The van der Waals surface area contributed by atoms with Crippen molar-refractivity contribution in [1.82, 2.24) is 5.32 Å². The Balaban J connectivity index is 2.61. The molecule has 0 aromatic heterocycles. The molecule has 1 amide bonds. The van der Waals surface area contributed by atoms with Crippen LogP contribution in [0.5, 0.6) is 11.5 Å². The van der Waals surface area contributed by atoms with Gasteiger partial charge in [0.05, 0.1) is 14.2 Å². The molecular formula is C15H24N2O3. The Morgan fingerprint density at radius 2 is 1.95 bits per heavy atom. The molecule has 5 nitrogen and oxygen atoms in total. The molecule has 112 valence electrons. The second kappa shape index (κ2) is 8.30. The molecule has 1 aromatic carbocycles. The van der Waals surface area contributed by atoms with Gasteiger partial charge in [0, 0.05) is 18.3 Å². The maximum atomic E-state index is 11.9. The number of carbonyl (C=O) groups is 1. The largest absolute Gasteiger partial charge is 0.493 e. The molecule has 0 spiro atoms. The summed E-state index contributed by atoms with van der Waals surface area (Å²) in [6.45, 7) is 4.64. The molecule has 0 saturated carbocycles. The molecule has 0 aliphatic heterocycles. The lowest BCUT2D eigenvalue weighted by atomic mass is 10.2. The number of carbonyl (C=O) groups excluding carboxylic acids is 1. The lowest BCUT2D eigenvalue weighted by molar-refractivity contribution is -0.121. The van der Waals surface area contributed by atoms with Crippen molar-refractivity contribution >= 4 is 11.6 Å². The number of unbranched alkanes of at least 4 members (excludes halogenated alkanes) is 1. The van der Waals surface area contributed by atoms with Gasteiger partial charge < -0.3 is 20.1 Å². The molecule has 0 bridgehead atoms. The third-order valence-electron chi connectivity index (χ3n) is 2.99. The molecule has 0 radical (unpaired) electrons. The molecule has 1 rings (SSSR count). The number of rotatable bonds is 8. The molecule has 0 fully saturated rings. The molecule has 0 aliphatic rings. The molecule has 1 unspecified atom stereocenters. The van der Waals surface area contributed by atoms with Gasteiger partial charge in [-0.3, -0.25) is 4.79 Å². The van der Waals surface area contributed by atoms with Crippen molar-refractivity contribution in [3.63, 3.8) is 0 Å². The van der Waals surface area contributed by atoms with Gasteiger partial charge in [-0.2, -0.15) is 0 Å². The Morgan fingerprint density at radius 1 is 1.25 bits per heavy atom. The normalized spacial score (nSPS) is 11.6. The minimum atomic E-state index is -0.301. The fourth-order valence-electron chi connectivity index (χ4n) is 1.78. The van der Waals surface area contributed by atoms with Gasteiger partial charge in [-0.05, 0) is 25.5 Å². The first-order chi connectivity index (χ1) is 9.62. The van der Waals surface area contributed by atoms with Crippen molar-refractivity contribution in [2.24, 2.45) is 0 Å². The number of ether oxygens (including phenoxy) is 2. The summed E-state index contributed by atoms with van der Waals surface area (Å²) in [6, 6.07) is 5.18. The van der Waals surface area contributed by atoms with E-state index < -0.39 is 0 Å². The summed E-state index contributed by atoms with van der Waals surface area (Å²) < 4.78 is 10.4. The van der Waals surface area contributed by atoms with Crippen molar-refractivity contribution in [3.05, 3.63) is 18.2 Å². The highest BCUT2D eigenvalue weighted by Gasteiger charge is 2.13. The topological polar surface area (TPSA) is 59.6 Å². The van der Waals surface area contributed by atoms with Gasteiger partial charge in [0.15, 0.2) is 11.5 Å². The van der Waals surface area contributed by atoms with E-state index in [4.69, 9.17) is 9.47 Å². The number of nitrogens with one attached hydrogen (secondary N) is 2. The van der Waals surface area contributed by atoms with Crippen molar-refractivity contribution in [2.45, 2.75) is 32.7 Å². The number of benzene rings is 1. The molecule has 1 aromatic rings. The van der Waals surface area contributed by atoms with Gasteiger partial charge in [0.25, 0.3) is 0 Å². The third kappa shape index (κ3) is 4.64. The summed E-state index contributed by atoms with van der Waals surface area (Å²) >= 11 is 0. The van der Waals surface area contributed by atoms with Crippen LogP contribution in [0.1, 0.15) is 26.7 Å². The standard InChI is InChI=1S/C15H24N2O3/c1-5-6-9-16-15(18)11(2)17-12-7-8-13(19-3)14(10-12)20-4/h7-8,10-11,17H,5-6,9H2,1-4H3,(H,16,18). The van der Waals surface area contributed by atoms with Crippen LogP contribution in [0.4, 0.5) is 5.69 Å². The fourth-order valence-corrected chi connectivity index (χ4v) is 1.78. The molecule has 0 heterocycles. The van der Waals surface area contributed by atoms with Gasteiger partial charge in [0.2, 0.25) is 5.91 Å². The Labute approximate surface area is 120 Å². The first kappa shape index (κ1) is 16.1. The summed E-state index contributed by atoms with van der Waals surface area (Å²) in [4.78, 5) is 11.9. The van der Waals surface area contributed by atoms with Gasteiger partial charge in [0.1, 0.15) is 6.04 Å². The maximum Gasteiger partial charge on any atom is 0.242 e. The highest BCUT2D eigenvalue weighted by atomic mass is 16.5. The zero-order valence-corrected chi connectivity index (χ0v) is 12.7. The zero-order chi connectivity index (χ0) is 15.0. The van der Waals surface area contributed by atoms with Crippen LogP contribution in [0.15, 0.2) is 18.2 Å². The van der Waals surface area contributed by atoms with Crippen molar-refractivity contribution in [3.8, 4) is 11.5 Å². The minimum Gasteiger partial charge on any atom is -0.493 e. The van der Waals surface area contributed by atoms with Crippen molar-refractivity contribution in [1.29, 1.82) is 0 Å². The molecular weight excluding hydrogens is 256 g/mol. The second-order valence-electron chi connectivity index (χ2n) is 4.58. The van der Waals surface area contributed by atoms with Crippen molar-refractivity contribution in [2.75, 3.05) is 26.1 Å². The average molecular weight is 280 g/mol. The van der Waals surface area contributed by atoms with E-state index >= 15 is 0 Å². The maximum absolute atomic E-state index is 11.9. The average Bonchev–Trinajstić information content (AvgIpc) is 2.47. The van der Waals surface area contributed by atoms with E-state index in [1.165, 1.54) is 0 Å². The predicted molar refractivity (Wildman–Crippen MR) is 80.5 cm³/mol. The van der Waals surface area contributed by atoms with E-state index in [9.17, 15) is 4.79 Å². The van der Waals surface area contributed by atoms with E-state index in [2.05, 4.69) is 17.6 Å². The summed E-state index contributed by atoms with van der Waals surface area (Å²) in [5.41, 5.74) is 0.820. The van der Waals surface area contributed by atoms with E-state index in [1.54, 1.807) is 14.2 Å². The summed E-state index contributed by atoms with van der Waals surface area (Å²) in [7, 11) is 3.18. The summed E-state index contributed by atoms with van der Waals surface area (Å²) in [5, 5.41) is 6.04. The Morgan fingerprint density at radius 3 is 2.55 bits per heavy atom. The van der Waals surface area contributed by atoms with Crippen LogP contribution in [0.3, 0.4) is 0 Å². The second-order valence-corrected chi connectivity index (χ2v) is 4.58. The number of hydrogen-bond donors (Lipinski definition) is 2. The zero-order valence-electron chi connectivity index (χ0n) is 12.7. The molecule has 2 N–H and O–H groups in total. The van der Waals surface area contributed by atoms with E-state index in [0.29, 0.717) is 18.0 Å². The van der Waals surface area contributed by atoms with Crippen LogP contribution >= 0.6 is 0 Å². The van der Waals surface area contributed by atoms with Crippen LogP contribution in [0.25, 0.3) is 0 Å². The van der Waals surface area contributed by atoms with Gasteiger partial charge in [-0.15, -0.1) is 0 Å². The molecule has 0 saturated heterocycles. The number of hydrogen-bond acceptors (Lipinski definition) is 4.